The molecule has 0 bridgehead atoms. The maximum atomic E-state index is 5.33. The summed E-state index contributed by atoms with van der Waals surface area (Å²) in [7, 11) is 1.63. The molecular formula is C19H22N6O2. The lowest BCUT2D eigenvalue weighted by atomic mass is 10.2. The number of nitrogens with zero attached hydrogens (tertiary/aromatic N) is 5. The molecule has 1 N–H and O–H groups in total. The van der Waals surface area contributed by atoms with Gasteiger partial charge in [0, 0.05) is 18.7 Å². The first-order valence-corrected chi connectivity index (χ1v) is 9.10. The van der Waals surface area contributed by atoms with Crippen molar-refractivity contribution in [1.29, 1.82) is 0 Å². The summed E-state index contributed by atoms with van der Waals surface area (Å²) in [6.45, 7) is 4.27. The van der Waals surface area contributed by atoms with Crippen LogP contribution in [0, 0.1) is 0 Å². The summed E-state index contributed by atoms with van der Waals surface area (Å²) in [5.41, 5.74) is 1.39. The Morgan fingerprint density at radius 1 is 1.07 bits per heavy atom. The Morgan fingerprint density at radius 2 is 1.89 bits per heavy atom. The third-order valence-corrected chi connectivity index (χ3v) is 4.59. The highest BCUT2D eigenvalue weighted by Crippen LogP contribution is 2.23. The highest BCUT2D eigenvalue weighted by Gasteiger charge is 2.13. The third kappa shape index (κ3) is 4.22. The van der Waals surface area contributed by atoms with E-state index in [0.717, 1.165) is 30.2 Å². The maximum absolute atomic E-state index is 5.33. The molecule has 1 fully saturated rings. The van der Waals surface area contributed by atoms with Crippen molar-refractivity contribution in [2.45, 2.75) is 12.8 Å². The zero-order valence-corrected chi connectivity index (χ0v) is 15.3. The molecule has 27 heavy (non-hydrogen) atoms. The van der Waals surface area contributed by atoms with Gasteiger partial charge in [-0.25, -0.2) is 0 Å². The van der Waals surface area contributed by atoms with Crippen molar-refractivity contribution in [2.75, 3.05) is 38.6 Å². The largest absolute Gasteiger partial charge is 0.497 e. The van der Waals surface area contributed by atoms with E-state index in [1.54, 1.807) is 7.11 Å². The summed E-state index contributed by atoms with van der Waals surface area (Å²) in [4.78, 5) is 6.85. The second-order valence-corrected chi connectivity index (χ2v) is 6.43. The highest BCUT2D eigenvalue weighted by atomic mass is 16.5. The molecule has 0 aliphatic carbocycles. The van der Waals surface area contributed by atoms with Gasteiger partial charge in [0.2, 0.25) is 5.82 Å². The van der Waals surface area contributed by atoms with E-state index in [2.05, 4.69) is 30.6 Å². The number of methoxy groups -OCH3 is 1. The van der Waals surface area contributed by atoms with E-state index in [1.807, 2.05) is 36.4 Å². The van der Waals surface area contributed by atoms with Crippen molar-refractivity contribution in [3.8, 4) is 28.7 Å². The topological polar surface area (TPSA) is 89.2 Å². The first-order valence-electron chi connectivity index (χ1n) is 9.10. The van der Waals surface area contributed by atoms with E-state index in [0.29, 0.717) is 17.4 Å². The molecule has 4 rings (SSSR count). The van der Waals surface area contributed by atoms with Gasteiger partial charge in [-0.15, -0.1) is 10.2 Å². The minimum Gasteiger partial charge on any atom is -0.497 e. The normalized spacial score (nSPS) is 14.4. The smallest absolute Gasteiger partial charge is 0.278 e. The van der Waals surface area contributed by atoms with Gasteiger partial charge >= 0.3 is 0 Å². The summed E-state index contributed by atoms with van der Waals surface area (Å²) >= 11 is 0. The Kier molecular flexibility index (Phi) is 5.24. The highest BCUT2D eigenvalue weighted by molar-refractivity contribution is 5.59. The molecule has 0 spiro atoms. The van der Waals surface area contributed by atoms with E-state index in [1.165, 1.54) is 25.9 Å². The van der Waals surface area contributed by atoms with Gasteiger partial charge in [-0.05, 0) is 62.3 Å². The molecule has 8 heteroatoms. The summed E-state index contributed by atoms with van der Waals surface area (Å²) in [5.74, 6) is 2.37. The molecule has 3 aromatic rings. The number of benzene rings is 1. The van der Waals surface area contributed by atoms with Gasteiger partial charge in [0.15, 0.2) is 5.69 Å². The van der Waals surface area contributed by atoms with Crippen LogP contribution in [0.25, 0.3) is 23.0 Å². The Bertz CT molecular complexity index is 857. The van der Waals surface area contributed by atoms with Gasteiger partial charge in [0.1, 0.15) is 11.6 Å². The predicted molar refractivity (Wildman–Crippen MR) is 101 cm³/mol. The number of aromatic nitrogens is 4. The third-order valence-electron chi connectivity index (χ3n) is 4.59. The van der Waals surface area contributed by atoms with Gasteiger partial charge in [0.25, 0.3) is 5.89 Å². The van der Waals surface area contributed by atoms with Crippen LogP contribution >= 0.6 is 0 Å². The molecule has 0 amide bonds. The van der Waals surface area contributed by atoms with Crippen LogP contribution in [-0.4, -0.2) is 58.5 Å². The number of ether oxygens (including phenoxy) is 1. The molecule has 1 aliphatic heterocycles. The summed E-state index contributed by atoms with van der Waals surface area (Å²) < 4.78 is 10.5. The van der Waals surface area contributed by atoms with Gasteiger partial charge in [-0.3, -0.25) is 0 Å². The zero-order valence-electron chi connectivity index (χ0n) is 15.3. The molecule has 1 saturated heterocycles. The maximum Gasteiger partial charge on any atom is 0.278 e. The minimum atomic E-state index is 0.344. The number of nitrogens with one attached hydrogen (secondary N) is 1. The van der Waals surface area contributed by atoms with E-state index in [9.17, 15) is 0 Å². The number of rotatable bonds is 7. The van der Waals surface area contributed by atoms with Crippen LogP contribution in [0.3, 0.4) is 0 Å². The van der Waals surface area contributed by atoms with Crippen molar-refractivity contribution in [3.05, 3.63) is 36.4 Å². The molecule has 0 saturated carbocycles. The van der Waals surface area contributed by atoms with Crippen LogP contribution in [-0.2, 0) is 0 Å². The lowest BCUT2D eigenvalue weighted by Crippen LogP contribution is -2.26. The fourth-order valence-electron chi connectivity index (χ4n) is 3.07. The van der Waals surface area contributed by atoms with Gasteiger partial charge in [0.05, 0.1) is 7.11 Å². The molecule has 0 atom stereocenters. The molecule has 1 aliphatic rings. The Morgan fingerprint density at radius 3 is 2.59 bits per heavy atom. The van der Waals surface area contributed by atoms with Crippen molar-refractivity contribution in [3.63, 3.8) is 0 Å². The van der Waals surface area contributed by atoms with Crippen LogP contribution in [0.5, 0.6) is 5.75 Å². The van der Waals surface area contributed by atoms with E-state index in [4.69, 9.17) is 9.26 Å². The Balaban J connectivity index is 1.37. The molecule has 8 nitrogen and oxygen atoms in total. The zero-order chi connectivity index (χ0) is 18.5. The van der Waals surface area contributed by atoms with Crippen LogP contribution in [0.4, 0.5) is 5.82 Å². The molecular weight excluding hydrogens is 344 g/mol. The first kappa shape index (κ1) is 17.4. The average Bonchev–Trinajstić information content (AvgIpc) is 3.41. The number of hydrogen-bond donors (Lipinski definition) is 1. The number of hydrogen-bond acceptors (Lipinski definition) is 8. The molecule has 3 heterocycles. The summed E-state index contributed by atoms with van der Waals surface area (Å²) in [6.07, 6.45) is 2.61. The van der Waals surface area contributed by atoms with Gasteiger partial charge in [-0.1, -0.05) is 5.16 Å². The lowest BCUT2D eigenvalue weighted by Gasteiger charge is -2.14. The van der Waals surface area contributed by atoms with Gasteiger partial charge < -0.3 is 19.5 Å². The van der Waals surface area contributed by atoms with Crippen molar-refractivity contribution >= 4 is 5.82 Å². The average molecular weight is 366 g/mol. The monoisotopic (exact) mass is 366 g/mol. The first-order chi connectivity index (χ1) is 13.3. The molecule has 140 valence electrons. The number of anilines is 1. The summed E-state index contributed by atoms with van der Waals surface area (Å²) in [6, 6.07) is 11.2. The Labute approximate surface area is 157 Å². The Hall–Kier alpha value is -3.00. The predicted octanol–water partition coefficient (Wildman–Crippen LogP) is 2.71. The lowest BCUT2D eigenvalue weighted by molar-refractivity contribution is 0.352. The molecule has 1 aromatic carbocycles. The second kappa shape index (κ2) is 8.13. The van der Waals surface area contributed by atoms with Crippen LogP contribution in [0.2, 0.25) is 0 Å². The van der Waals surface area contributed by atoms with E-state index < -0.39 is 0 Å². The van der Waals surface area contributed by atoms with Gasteiger partial charge in [-0.2, -0.15) is 4.98 Å². The molecule has 0 radical (unpaired) electrons. The second-order valence-electron chi connectivity index (χ2n) is 6.43. The van der Waals surface area contributed by atoms with Crippen LogP contribution in [0.15, 0.2) is 40.9 Å². The fourth-order valence-corrected chi connectivity index (χ4v) is 3.07. The van der Waals surface area contributed by atoms with Crippen LogP contribution in [0.1, 0.15) is 12.8 Å². The van der Waals surface area contributed by atoms with Crippen molar-refractivity contribution in [1.82, 2.24) is 25.2 Å². The van der Waals surface area contributed by atoms with E-state index >= 15 is 0 Å². The molecule has 0 unspecified atom stereocenters. The summed E-state index contributed by atoms with van der Waals surface area (Å²) in [5, 5.41) is 15.7. The minimum absolute atomic E-state index is 0.344. The fraction of sp³-hybridized carbons (Fsp3) is 0.368. The quantitative estimate of drug-likeness (QED) is 0.683. The number of likely N-dealkylation sites (tertiary alicyclic amines) is 1. The standard InChI is InChI=1S/C19H22N6O2/c1-26-15-6-4-14(5-7-15)18-21-19(27-24-18)16-8-9-17(23-22-16)20-10-13-25-11-2-3-12-25/h4-9H,2-3,10-13H2,1H3,(H,20,23). The van der Waals surface area contributed by atoms with E-state index in [-0.39, 0.29) is 0 Å². The van der Waals surface area contributed by atoms with Crippen molar-refractivity contribution in [2.24, 2.45) is 0 Å². The molecule has 2 aromatic heterocycles. The van der Waals surface area contributed by atoms with Crippen molar-refractivity contribution < 1.29 is 9.26 Å². The van der Waals surface area contributed by atoms with Crippen LogP contribution < -0.4 is 10.1 Å². The SMILES string of the molecule is COc1ccc(-c2noc(-c3ccc(NCCN4CCCC4)nn3)n2)cc1.